The van der Waals surface area contributed by atoms with Crippen molar-refractivity contribution < 1.29 is 4.74 Å². The Labute approximate surface area is 105 Å². The van der Waals surface area contributed by atoms with E-state index in [1.807, 2.05) is 30.5 Å². The molecule has 2 N–H and O–H groups in total. The van der Waals surface area contributed by atoms with Crippen molar-refractivity contribution in [3.8, 4) is 5.75 Å². The van der Waals surface area contributed by atoms with Gasteiger partial charge in [0.15, 0.2) is 5.75 Å². The third-order valence-corrected chi connectivity index (χ3v) is 2.46. The lowest BCUT2D eigenvalue weighted by molar-refractivity contribution is 0.328. The van der Waals surface area contributed by atoms with E-state index in [0.717, 1.165) is 16.3 Å². The van der Waals surface area contributed by atoms with E-state index in [4.69, 9.17) is 22.1 Å². The molecule has 90 valence electrons. The number of hydrogen-bond acceptors (Lipinski definition) is 3. The Hall–Kier alpha value is -1.52. The van der Waals surface area contributed by atoms with Gasteiger partial charge in [0.2, 0.25) is 0 Å². The lowest BCUT2D eigenvalue weighted by Gasteiger charge is -2.02. The van der Waals surface area contributed by atoms with Crippen LogP contribution in [0.1, 0.15) is 5.56 Å². The standard InChI is InChI=1S/C12H14ClN3O/c13-11-3-1-2-10(6-11)8-16-9-12(7-15-16)17-5-4-14/h1-3,6-7,9H,4-5,8,14H2. The number of halogens is 1. The van der Waals surface area contributed by atoms with E-state index >= 15 is 0 Å². The number of hydrogen-bond donors (Lipinski definition) is 1. The molecule has 0 amide bonds. The average Bonchev–Trinajstić information content (AvgIpc) is 2.74. The van der Waals surface area contributed by atoms with E-state index in [-0.39, 0.29) is 0 Å². The number of aromatic nitrogens is 2. The summed E-state index contributed by atoms with van der Waals surface area (Å²) in [6, 6.07) is 7.70. The molecule has 1 aromatic carbocycles. The molecule has 1 aromatic heterocycles. The summed E-state index contributed by atoms with van der Waals surface area (Å²) in [5.74, 6) is 0.734. The Bertz CT molecular complexity index is 484. The summed E-state index contributed by atoms with van der Waals surface area (Å²) in [4.78, 5) is 0. The van der Waals surface area contributed by atoms with Crippen molar-refractivity contribution >= 4 is 11.6 Å². The summed E-state index contributed by atoms with van der Waals surface area (Å²) >= 11 is 5.92. The van der Waals surface area contributed by atoms with Gasteiger partial charge in [0.1, 0.15) is 6.61 Å². The van der Waals surface area contributed by atoms with Crippen LogP contribution >= 0.6 is 11.6 Å². The van der Waals surface area contributed by atoms with Crippen molar-refractivity contribution in [3.05, 3.63) is 47.2 Å². The van der Waals surface area contributed by atoms with Gasteiger partial charge in [0.25, 0.3) is 0 Å². The highest BCUT2D eigenvalue weighted by Crippen LogP contribution is 2.13. The van der Waals surface area contributed by atoms with Crippen LogP contribution in [0.15, 0.2) is 36.7 Å². The van der Waals surface area contributed by atoms with Crippen LogP contribution in [0.2, 0.25) is 5.02 Å². The molecule has 0 aliphatic carbocycles. The molecular formula is C12H14ClN3O. The molecule has 0 bridgehead atoms. The van der Waals surface area contributed by atoms with Crippen LogP contribution in [0.3, 0.4) is 0 Å². The zero-order valence-corrected chi connectivity index (χ0v) is 10.1. The van der Waals surface area contributed by atoms with E-state index in [2.05, 4.69) is 5.10 Å². The minimum Gasteiger partial charge on any atom is -0.489 e. The molecule has 0 saturated carbocycles. The Kier molecular flexibility index (Phi) is 4.01. The van der Waals surface area contributed by atoms with Gasteiger partial charge in [-0.05, 0) is 17.7 Å². The third-order valence-electron chi connectivity index (χ3n) is 2.23. The normalized spacial score (nSPS) is 10.5. The van der Waals surface area contributed by atoms with E-state index in [1.54, 1.807) is 10.9 Å². The fraction of sp³-hybridized carbons (Fsp3) is 0.250. The highest BCUT2D eigenvalue weighted by atomic mass is 35.5. The summed E-state index contributed by atoms with van der Waals surface area (Å²) in [5.41, 5.74) is 6.46. The Morgan fingerprint density at radius 2 is 2.29 bits per heavy atom. The Balaban J connectivity index is 2.01. The fourth-order valence-corrected chi connectivity index (χ4v) is 1.72. The predicted molar refractivity (Wildman–Crippen MR) is 67.3 cm³/mol. The molecule has 4 nitrogen and oxygen atoms in total. The van der Waals surface area contributed by atoms with Gasteiger partial charge in [0, 0.05) is 11.6 Å². The first-order valence-electron chi connectivity index (χ1n) is 5.37. The van der Waals surface area contributed by atoms with Crippen molar-refractivity contribution in [1.29, 1.82) is 0 Å². The minimum atomic E-state index is 0.499. The molecule has 17 heavy (non-hydrogen) atoms. The number of nitrogens with two attached hydrogens (primary N) is 1. The second-order valence-electron chi connectivity index (χ2n) is 3.64. The maximum atomic E-state index is 5.92. The Morgan fingerprint density at radius 3 is 3.06 bits per heavy atom. The van der Waals surface area contributed by atoms with Crippen molar-refractivity contribution in [1.82, 2.24) is 9.78 Å². The van der Waals surface area contributed by atoms with Crippen molar-refractivity contribution in [2.24, 2.45) is 5.73 Å². The van der Waals surface area contributed by atoms with E-state index in [0.29, 0.717) is 19.7 Å². The monoisotopic (exact) mass is 251 g/mol. The molecule has 0 radical (unpaired) electrons. The zero-order chi connectivity index (χ0) is 12.1. The van der Waals surface area contributed by atoms with Crippen molar-refractivity contribution in [2.45, 2.75) is 6.54 Å². The quantitative estimate of drug-likeness (QED) is 0.883. The third kappa shape index (κ3) is 3.47. The summed E-state index contributed by atoms with van der Waals surface area (Å²) < 4.78 is 7.17. The summed E-state index contributed by atoms with van der Waals surface area (Å²) in [5, 5.41) is 4.93. The van der Waals surface area contributed by atoms with Gasteiger partial charge in [-0.3, -0.25) is 4.68 Å². The van der Waals surface area contributed by atoms with Crippen LogP contribution in [0.25, 0.3) is 0 Å². The van der Waals surface area contributed by atoms with Crippen LogP contribution in [0.4, 0.5) is 0 Å². The van der Waals surface area contributed by atoms with Gasteiger partial charge in [-0.1, -0.05) is 23.7 Å². The molecule has 0 atom stereocenters. The molecule has 0 aliphatic heterocycles. The smallest absolute Gasteiger partial charge is 0.157 e. The van der Waals surface area contributed by atoms with Crippen LogP contribution in [0, 0.1) is 0 Å². The van der Waals surface area contributed by atoms with Crippen LogP contribution in [-0.2, 0) is 6.54 Å². The van der Waals surface area contributed by atoms with Gasteiger partial charge >= 0.3 is 0 Å². The minimum absolute atomic E-state index is 0.499. The molecule has 0 unspecified atom stereocenters. The highest BCUT2D eigenvalue weighted by Gasteiger charge is 2.00. The maximum absolute atomic E-state index is 5.92. The first-order valence-corrected chi connectivity index (χ1v) is 5.75. The van der Waals surface area contributed by atoms with E-state index < -0.39 is 0 Å². The predicted octanol–water partition coefficient (Wildman–Crippen LogP) is 1.92. The Morgan fingerprint density at radius 1 is 1.41 bits per heavy atom. The number of benzene rings is 1. The van der Waals surface area contributed by atoms with Gasteiger partial charge in [-0.2, -0.15) is 5.10 Å². The second-order valence-corrected chi connectivity index (χ2v) is 4.08. The van der Waals surface area contributed by atoms with Gasteiger partial charge in [-0.15, -0.1) is 0 Å². The molecule has 0 spiro atoms. The van der Waals surface area contributed by atoms with Crippen LogP contribution in [0.5, 0.6) is 5.75 Å². The molecule has 1 heterocycles. The number of rotatable bonds is 5. The topological polar surface area (TPSA) is 53.1 Å². The molecule has 0 aliphatic rings. The highest BCUT2D eigenvalue weighted by molar-refractivity contribution is 6.30. The summed E-state index contributed by atoms with van der Waals surface area (Å²) in [7, 11) is 0. The molecule has 2 aromatic rings. The molecule has 2 rings (SSSR count). The molecular weight excluding hydrogens is 238 g/mol. The van der Waals surface area contributed by atoms with Gasteiger partial charge in [-0.25, -0.2) is 0 Å². The van der Waals surface area contributed by atoms with E-state index in [9.17, 15) is 0 Å². The molecule has 0 fully saturated rings. The maximum Gasteiger partial charge on any atom is 0.157 e. The van der Waals surface area contributed by atoms with E-state index in [1.165, 1.54) is 0 Å². The zero-order valence-electron chi connectivity index (χ0n) is 9.34. The van der Waals surface area contributed by atoms with Crippen molar-refractivity contribution in [3.63, 3.8) is 0 Å². The SMILES string of the molecule is NCCOc1cnn(Cc2cccc(Cl)c2)c1. The van der Waals surface area contributed by atoms with Crippen LogP contribution < -0.4 is 10.5 Å². The lowest BCUT2D eigenvalue weighted by Crippen LogP contribution is -2.10. The lowest BCUT2D eigenvalue weighted by atomic mass is 10.2. The number of ether oxygens (including phenoxy) is 1. The van der Waals surface area contributed by atoms with Gasteiger partial charge in [0.05, 0.1) is 18.9 Å². The number of nitrogens with zero attached hydrogens (tertiary/aromatic N) is 2. The first kappa shape index (κ1) is 12.0. The second kappa shape index (κ2) is 5.70. The molecule has 5 heteroatoms. The fourth-order valence-electron chi connectivity index (χ4n) is 1.50. The summed E-state index contributed by atoms with van der Waals surface area (Å²) in [6.45, 7) is 1.68. The van der Waals surface area contributed by atoms with Crippen LogP contribution in [-0.4, -0.2) is 22.9 Å². The average molecular weight is 252 g/mol. The summed E-state index contributed by atoms with van der Waals surface area (Å²) in [6.07, 6.45) is 3.52. The van der Waals surface area contributed by atoms with Gasteiger partial charge < -0.3 is 10.5 Å². The largest absolute Gasteiger partial charge is 0.489 e. The van der Waals surface area contributed by atoms with Crippen molar-refractivity contribution in [2.75, 3.05) is 13.2 Å². The first-order chi connectivity index (χ1) is 8.28. The molecule has 0 saturated heterocycles.